The third-order valence-electron chi connectivity index (χ3n) is 5.17. The number of hydrogen-bond acceptors (Lipinski definition) is 3. The number of hydrogen-bond donors (Lipinski definition) is 2. The van der Waals surface area contributed by atoms with Crippen LogP contribution >= 0.6 is 0 Å². The standard InChI is InChI=1S/C19H28N2O2/c1-14(16-11-20-12-16)19(22)21-17-7-5-6-15(10-17)13-23-18-8-3-2-4-9-18/h5-7,10,14,16,18,20H,2-4,8-9,11-13H2,1H3,(H,21,22). The van der Waals surface area contributed by atoms with Crippen molar-refractivity contribution in [2.75, 3.05) is 18.4 Å². The van der Waals surface area contributed by atoms with Crippen LogP contribution in [0.25, 0.3) is 0 Å². The maximum atomic E-state index is 12.3. The van der Waals surface area contributed by atoms with Crippen LogP contribution < -0.4 is 10.6 Å². The molecule has 2 N–H and O–H groups in total. The van der Waals surface area contributed by atoms with Crippen molar-refractivity contribution in [1.82, 2.24) is 5.32 Å². The molecular weight excluding hydrogens is 288 g/mol. The Morgan fingerprint density at radius 3 is 2.78 bits per heavy atom. The maximum absolute atomic E-state index is 12.3. The van der Waals surface area contributed by atoms with E-state index >= 15 is 0 Å². The molecule has 1 unspecified atom stereocenters. The second-order valence-electron chi connectivity index (χ2n) is 6.97. The molecule has 1 amide bonds. The Hall–Kier alpha value is -1.39. The van der Waals surface area contributed by atoms with Crippen LogP contribution in [0.15, 0.2) is 24.3 Å². The van der Waals surface area contributed by atoms with Gasteiger partial charge in [0.15, 0.2) is 0 Å². The van der Waals surface area contributed by atoms with E-state index in [9.17, 15) is 4.79 Å². The number of carbonyl (C=O) groups is 1. The first kappa shape index (κ1) is 16.5. The molecular formula is C19H28N2O2. The van der Waals surface area contributed by atoms with Crippen LogP contribution in [0.1, 0.15) is 44.6 Å². The lowest BCUT2D eigenvalue weighted by molar-refractivity contribution is -0.121. The van der Waals surface area contributed by atoms with E-state index in [1.54, 1.807) is 0 Å². The second-order valence-corrected chi connectivity index (χ2v) is 6.97. The van der Waals surface area contributed by atoms with E-state index in [1.165, 1.54) is 32.1 Å². The van der Waals surface area contributed by atoms with Gasteiger partial charge in [0.1, 0.15) is 0 Å². The van der Waals surface area contributed by atoms with E-state index in [0.717, 1.165) is 24.3 Å². The minimum Gasteiger partial charge on any atom is -0.374 e. The number of carbonyl (C=O) groups excluding carboxylic acids is 1. The minimum atomic E-state index is 0.0541. The number of ether oxygens (including phenoxy) is 1. The van der Waals surface area contributed by atoms with Gasteiger partial charge >= 0.3 is 0 Å². The van der Waals surface area contributed by atoms with Crippen molar-refractivity contribution < 1.29 is 9.53 Å². The van der Waals surface area contributed by atoms with Crippen molar-refractivity contribution in [3.8, 4) is 0 Å². The van der Waals surface area contributed by atoms with Gasteiger partial charge in [-0.15, -0.1) is 0 Å². The van der Waals surface area contributed by atoms with Crippen LogP contribution in [-0.4, -0.2) is 25.1 Å². The van der Waals surface area contributed by atoms with Gasteiger partial charge in [-0.25, -0.2) is 0 Å². The van der Waals surface area contributed by atoms with Crippen LogP contribution in [0.4, 0.5) is 5.69 Å². The van der Waals surface area contributed by atoms with Crippen LogP contribution in [0.2, 0.25) is 0 Å². The van der Waals surface area contributed by atoms with Crippen molar-refractivity contribution in [3.63, 3.8) is 0 Å². The van der Waals surface area contributed by atoms with Crippen molar-refractivity contribution in [2.24, 2.45) is 11.8 Å². The third-order valence-corrected chi connectivity index (χ3v) is 5.17. The molecule has 0 aromatic heterocycles. The number of anilines is 1. The van der Waals surface area contributed by atoms with Gasteiger partial charge in [0.25, 0.3) is 0 Å². The monoisotopic (exact) mass is 316 g/mol. The third kappa shape index (κ3) is 4.55. The lowest BCUT2D eigenvalue weighted by atomic mass is 9.88. The molecule has 1 saturated carbocycles. The lowest BCUT2D eigenvalue weighted by Crippen LogP contribution is -2.48. The van der Waals surface area contributed by atoms with Gasteiger partial charge in [0.05, 0.1) is 12.7 Å². The highest BCUT2D eigenvalue weighted by molar-refractivity contribution is 5.92. The van der Waals surface area contributed by atoms with Crippen molar-refractivity contribution in [3.05, 3.63) is 29.8 Å². The van der Waals surface area contributed by atoms with Crippen LogP contribution in [0, 0.1) is 11.8 Å². The molecule has 23 heavy (non-hydrogen) atoms. The summed E-state index contributed by atoms with van der Waals surface area (Å²) in [5.41, 5.74) is 2.00. The first-order chi connectivity index (χ1) is 11.2. The smallest absolute Gasteiger partial charge is 0.227 e. The van der Waals surface area contributed by atoms with Gasteiger partial charge in [-0.3, -0.25) is 4.79 Å². The topological polar surface area (TPSA) is 50.4 Å². The summed E-state index contributed by atoms with van der Waals surface area (Å²) in [4.78, 5) is 12.3. The zero-order chi connectivity index (χ0) is 16.1. The molecule has 1 aromatic rings. The molecule has 1 aliphatic carbocycles. The molecule has 1 heterocycles. The van der Waals surface area contributed by atoms with Gasteiger partial charge in [0.2, 0.25) is 5.91 Å². The zero-order valence-electron chi connectivity index (χ0n) is 14.0. The van der Waals surface area contributed by atoms with Gasteiger partial charge in [-0.2, -0.15) is 0 Å². The summed E-state index contributed by atoms with van der Waals surface area (Å²) in [5.74, 6) is 0.632. The quantitative estimate of drug-likeness (QED) is 0.846. The van der Waals surface area contributed by atoms with E-state index in [4.69, 9.17) is 4.74 Å². The normalized spacial score (nSPS) is 20.7. The molecule has 2 aliphatic rings. The fourth-order valence-corrected chi connectivity index (χ4v) is 3.32. The van der Waals surface area contributed by atoms with Gasteiger partial charge in [-0.05, 0) is 49.5 Å². The molecule has 1 atom stereocenters. The van der Waals surface area contributed by atoms with Crippen molar-refractivity contribution in [2.45, 2.75) is 51.7 Å². The Bertz CT molecular complexity index is 522. The van der Waals surface area contributed by atoms with Gasteiger partial charge < -0.3 is 15.4 Å². The fraction of sp³-hybridized carbons (Fsp3) is 0.632. The minimum absolute atomic E-state index is 0.0541. The summed E-state index contributed by atoms with van der Waals surface area (Å²) < 4.78 is 6.02. The molecule has 126 valence electrons. The summed E-state index contributed by atoms with van der Waals surface area (Å²) in [6, 6.07) is 8.04. The predicted octanol–water partition coefficient (Wildman–Crippen LogP) is 3.33. The maximum Gasteiger partial charge on any atom is 0.227 e. The van der Waals surface area contributed by atoms with Crippen LogP contribution in [0.5, 0.6) is 0 Å². The fourth-order valence-electron chi connectivity index (χ4n) is 3.32. The van der Waals surface area contributed by atoms with Crippen LogP contribution in [0.3, 0.4) is 0 Å². The van der Waals surface area contributed by atoms with Crippen molar-refractivity contribution in [1.29, 1.82) is 0 Å². The van der Waals surface area contributed by atoms with E-state index in [-0.39, 0.29) is 11.8 Å². The molecule has 0 radical (unpaired) electrons. The van der Waals surface area contributed by atoms with E-state index < -0.39 is 0 Å². The summed E-state index contributed by atoms with van der Waals surface area (Å²) in [5, 5.41) is 6.27. The van der Waals surface area contributed by atoms with E-state index in [2.05, 4.69) is 16.7 Å². The highest BCUT2D eigenvalue weighted by Gasteiger charge is 2.28. The average Bonchev–Trinajstić information content (AvgIpc) is 2.52. The number of benzene rings is 1. The summed E-state index contributed by atoms with van der Waals surface area (Å²) in [6.07, 6.45) is 6.69. The number of amides is 1. The Labute approximate surface area is 139 Å². The van der Waals surface area contributed by atoms with Gasteiger partial charge in [-0.1, -0.05) is 38.3 Å². The van der Waals surface area contributed by atoms with E-state index in [1.807, 2.05) is 25.1 Å². The predicted molar refractivity (Wildman–Crippen MR) is 92.3 cm³/mol. The molecule has 3 rings (SSSR count). The molecule has 1 aliphatic heterocycles. The Balaban J connectivity index is 1.51. The molecule has 2 fully saturated rings. The Morgan fingerprint density at radius 2 is 2.09 bits per heavy atom. The molecule has 1 saturated heterocycles. The molecule has 4 nitrogen and oxygen atoms in total. The highest BCUT2D eigenvalue weighted by atomic mass is 16.5. The largest absolute Gasteiger partial charge is 0.374 e. The first-order valence-electron chi connectivity index (χ1n) is 8.94. The Kier molecular flexibility index (Phi) is 5.68. The summed E-state index contributed by atoms with van der Waals surface area (Å²) in [6.45, 7) is 4.54. The number of rotatable bonds is 6. The van der Waals surface area contributed by atoms with Gasteiger partial charge in [0, 0.05) is 11.6 Å². The molecule has 0 spiro atoms. The number of nitrogens with one attached hydrogen (secondary N) is 2. The first-order valence-corrected chi connectivity index (χ1v) is 8.94. The zero-order valence-corrected chi connectivity index (χ0v) is 14.0. The van der Waals surface area contributed by atoms with Crippen LogP contribution in [-0.2, 0) is 16.1 Å². The Morgan fingerprint density at radius 1 is 1.30 bits per heavy atom. The second kappa shape index (κ2) is 7.93. The van der Waals surface area contributed by atoms with Crippen molar-refractivity contribution >= 4 is 11.6 Å². The summed E-state index contributed by atoms with van der Waals surface area (Å²) >= 11 is 0. The van der Waals surface area contributed by atoms with E-state index in [0.29, 0.717) is 18.6 Å². The lowest BCUT2D eigenvalue weighted by Gasteiger charge is -2.31. The highest BCUT2D eigenvalue weighted by Crippen LogP contribution is 2.22. The molecule has 0 bridgehead atoms. The molecule has 1 aromatic carbocycles. The summed E-state index contributed by atoms with van der Waals surface area (Å²) in [7, 11) is 0. The average molecular weight is 316 g/mol. The SMILES string of the molecule is CC(C(=O)Nc1cccc(COC2CCCCC2)c1)C1CNC1. The molecule has 4 heteroatoms.